The van der Waals surface area contributed by atoms with Crippen LogP contribution < -0.4 is 11.3 Å². The molecule has 0 saturated carbocycles. The van der Waals surface area contributed by atoms with Crippen molar-refractivity contribution in [3.63, 3.8) is 0 Å². The summed E-state index contributed by atoms with van der Waals surface area (Å²) in [6, 6.07) is 8.31. The van der Waals surface area contributed by atoms with Crippen LogP contribution in [-0.4, -0.2) is 24.0 Å². The molecule has 26 heavy (non-hydrogen) atoms. The molecule has 9 heteroatoms. The molecule has 2 rings (SSSR count). The lowest BCUT2D eigenvalue weighted by Gasteiger charge is -2.33. The number of ether oxygens (including phenoxy) is 3. The van der Waals surface area contributed by atoms with Gasteiger partial charge >= 0.3 is 6.18 Å². The first-order chi connectivity index (χ1) is 12.4. The second-order valence-electron chi connectivity index (χ2n) is 5.79. The summed E-state index contributed by atoms with van der Waals surface area (Å²) in [7, 11) is 0. The van der Waals surface area contributed by atoms with Gasteiger partial charge in [-0.25, -0.2) is 5.84 Å². The number of rotatable bonds is 9. The van der Waals surface area contributed by atoms with Gasteiger partial charge in [-0.1, -0.05) is 30.3 Å². The van der Waals surface area contributed by atoms with Crippen LogP contribution in [0.1, 0.15) is 31.2 Å². The molecule has 0 fully saturated rings. The van der Waals surface area contributed by atoms with E-state index in [0.29, 0.717) is 18.4 Å². The molecule has 0 radical (unpaired) electrons. The zero-order valence-corrected chi connectivity index (χ0v) is 14.0. The van der Waals surface area contributed by atoms with E-state index in [1.807, 2.05) is 0 Å². The van der Waals surface area contributed by atoms with Crippen molar-refractivity contribution >= 4 is 5.91 Å². The minimum Gasteiger partial charge on any atom is -0.459 e. The SMILES string of the molecule is NNC(=O)C(CCCCC1OC=CO1)(OCc1ccccc1)C(F)(F)F. The molecule has 1 amide bonds. The molecular weight excluding hydrogens is 353 g/mol. The lowest BCUT2D eigenvalue weighted by Crippen LogP contribution is -2.60. The Morgan fingerprint density at radius 3 is 2.38 bits per heavy atom. The first kappa shape index (κ1) is 20.1. The van der Waals surface area contributed by atoms with Gasteiger partial charge in [0.25, 0.3) is 5.91 Å². The maximum Gasteiger partial charge on any atom is 0.426 e. The van der Waals surface area contributed by atoms with E-state index in [2.05, 4.69) is 0 Å². The molecule has 144 valence electrons. The highest BCUT2D eigenvalue weighted by molar-refractivity contribution is 5.85. The number of benzene rings is 1. The van der Waals surface area contributed by atoms with Crippen LogP contribution in [0.4, 0.5) is 13.2 Å². The lowest BCUT2D eigenvalue weighted by atomic mass is 9.93. The summed E-state index contributed by atoms with van der Waals surface area (Å²) in [4.78, 5) is 12.0. The van der Waals surface area contributed by atoms with E-state index in [1.54, 1.807) is 35.8 Å². The monoisotopic (exact) mass is 374 g/mol. The van der Waals surface area contributed by atoms with Gasteiger partial charge in [-0.05, 0) is 24.8 Å². The minimum atomic E-state index is -4.92. The van der Waals surface area contributed by atoms with Gasteiger partial charge in [0.05, 0.1) is 6.61 Å². The third-order valence-corrected chi connectivity index (χ3v) is 4.02. The molecular formula is C17H21F3N2O4. The molecule has 1 aromatic rings. The Labute approximate surface area is 149 Å². The van der Waals surface area contributed by atoms with E-state index in [4.69, 9.17) is 20.1 Å². The lowest BCUT2D eigenvalue weighted by molar-refractivity contribution is -0.273. The topological polar surface area (TPSA) is 82.8 Å². The first-order valence-corrected chi connectivity index (χ1v) is 8.10. The summed E-state index contributed by atoms with van der Waals surface area (Å²) >= 11 is 0. The van der Waals surface area contributed by atoms with Crippen molar-refractivity contribution in [3.05, 3.63) is 48.4 Å². The van der Waals surface area contributed by atoms with Crippen molar-refractivity contribution in [2.24, 2.45) is 5.84 Å². The van der Waals surface area contributed by atoms with Crippen molar-refractivity contribution in [1.82, 2.24) is 5.43 Å². The number of amides is 1. The normalized spacial score (nSPS) is 16.6. The van der Waals surface area contributed by atoms with E-state index in [0.717, 1.165) is 0 Å². The molecule has 6 nitrogen and oxygen atoms in total. The Morgan fingerprint density at radius 2 is 1.81 bits per heavy atom. The summed E-state index contributed by atoms with van der Waals surface area (Å²) in [5.41, 5.74) is -0.915. The van der Waals surface area contributed by atoms with Crippen LogP contribution in [0.5, 0.6) is 0 Å². The molecule has 0 spiro atoms. The molecule has 1 aliphatic heterocycles. The number of nitrogens with two attached hydrogens (primary N) is 1. The van der Waals surface area contributed by atoms with Gasteiger partial charge in [-0.2, -0.15) is 13.2 Å². The summed E-state index contributed by atoms with van der Waals surface area (Å²) < 4.78 is 56.5. The van der Waals surface area contributed by atoms with Crippen LogP contribution in [0.3, 0.4) is 0 Å². The molecule has 3 N–H and O–H groups in total. The fourth-order valence-electron chi connectivity index (χ4n) is 2.59. The number of unbranched alkanes of at least 4 members (excludes halogenated alkanes) is 1. The number of hydrogen-bond donors (Lipinski definition) is 2. The number of alkyl halides is 3. The Bertz CT molecular complexity index is 602. The molecule has 0 aromatic heterocycles. The van der Waals surface area contributed by atoms with Gasteiger partial charge in [-0.3, -0.25) is 10.2 Å². The van der Waals surface area contributed by atoms with Gasteiger partial charge in [-0.15, -0.1) is 0 Å². The van der Waals surface area contributed by atoms with Crippen LogP contribution in [0.15, 0.2) is 42.9 Å². The van der Waals surface area contributed by atoms with Crippen molar-refractivity contribution in [2.75, 3.05) is 0 Å². The Hall–Kier alpha value is -2.26. The summed E-state index contributed by atoms with van der Waals surface area (Å²) in [6.45, 7) is -0.369. The standard InChI is InChI=1S/C17H21F3N2O4/c18-17(19,20)16(15(23)22-21,26-12-13-6-2-1-3-7-13)9-5-4-8-14-24-10-11-25-14/h1-3,6-7,10-11,14H,4-5,8-9,12,21H2,(H,22,23). The third kappa shape index (κ3) is 4.89. The van der Waals surface area contributed by atoms with E-state index in [9.17, 15) is 18.0 Å². The number of hydrazine groups is 1. The largest absolute Gasteiger partial charge is 0.459 e. The fraction of sp³-hybridized carbons (Fsp3) is 0.471. The van der Waals surface area contributed by atoms with Crippen molar-refractivity contribution in [2.45, 2.75) is 50.4 Å². The quantitative estimate of drug-likeness (QED) is 0.301. The average molecular weight is 374 g/mol. The molecule has 1 heterocycles. The number of nitrogens with one attached hydrogen (secondary N) is 1. The fourth-order valence-corrected chi connectivity index (χ4v) is 2.59. The number of carbonyl (C=O) groups excluding carboxylic acids is 1. The molecule has 0 bridgehead atoms. The summed E-state index contributed by atoms with van der Waals surface area (Å²) in [6.07, 6.45) is -2.43. The van der Waals surface area contributed by atoms with Gasteiger partial charge in [0.1, 0.15) is 12.5 Å². The van der Waals surface area contributed by atoms with Gasteiger partial charge in [0.2, 0.25) is 11.9 Å². The third-order valence-electron chi connectivity index (χ3n) is 4.02. The Morgan fingerprint density at radius 1 is 1.15 bits per heavy atom. The van der Waals surface area contributed by atoms with E-state index in [1.165, 1.54) is 12.5 Å². The molecule has 1 aromatic carbocycles. The molecule has 0 aliphatic carbocycles. The van der Waals surface area contributed by atoms with Crippen LogP contribution in [0, 0.1) is 0 Å². The summed E-state index contributed by atoms with van der Waals surface area (Å²) in [5.74, 6) is 3.58. The highest BCUT2D eigenvalue weighted by Crippen LogP contribution is 2.39. The minimum absolute atomic E-state index is 0.0743. The maximum atomic E-state index is 13.7. The molecule has 1 atom stereocenters. The van der Waals surface area contributed by atoms with Crippen LogP contribution in [0.2, 0.25) is 0 Å². The Kier molecular flexibility index (Phi) is 6.87. The van der Waals surface area contributed by atoms with Crippen LogP contribution in [-0.2, 0) is 25.6 Å². The second-order valence-corrected chi connectivity index (χ2v) is 5.79. The second kappa shape index (κ2) is 8.91. The first-order valence-electron chi connectivity index (χ1n) is 8.10. The predicted octanol–water partition coefficient (Wildman–Crippen LogP) is 2.90. The highest BCUT2D eigenvalue weighted by atomic mass is 19.4. The number of halogens is 3. The molecule has 1 aliphatic rings. The zero-order valence-electron chi connectivity index (χ0n) is 14.0. The van der Waals surface area contributed by atoms with Crippen molar-refractivity contribution < 1.29 is 32.2 Å². The summed E-state index contributed by atoms with van der Waals surface area (Å²) in [5, 5.41) is 0. The van der Waals surface area contributed by atoms with Gasteiger partial charge in [0, 0.05) is 6.42 Å². The van der Waals surface area contributed by atoms with E-state index in [-0.39, 0.29) is 13.0 Å². The highest BCUT2D eigenvalue weighted by Gasteiger charge is 2.61. The predicted molar refractivity (Wildman–Crippen MR) is 85.9 cm³/mol. The van der Waals surface area contributed by atoms with Crippen molar-refractivity contribution in [1.29, 1.82) is 0 Å². The zero-order chi connectivity index (χ0) is 19.0. The number of carbonyl (C=O) groups is 1. The van der Waals surface area contributed by atoms with Crippen molar-refractivity contribution in [3.8, 4) is 0 Å². The molecule has 1 unspecified atom stereocenters. The van der Waals surface area contributed by atoms with Crippen LogP contribution in [0.25, 0.3) is 0 Å². The smallest absolute Gasteiger partial charge is 0.426 e. The van der Waals surface area contributed by atoms with Gasteiger partial charge in [0.15, 0.2) is 0 Å². The van der Waals surface area contributed by atoms with E-state index < -0.39 is 30.4 Å². The maximum absolute atomic E-state index is 13.7. The average Bonchev–Trinajstić information content (AvgIpc) is 3.14. The number of hydrogen-bond acceptors (Lipinski definition) is 5. The van der Waals surface area contributed by atoms with E-state index >= 15 is 0 Å². The molecule has 0 saturated heterocycles. The van der Waals surface area contributed by atoms with Gasteiger partial charge < -0.3 is 14.2 Å². The van der Waals surface area contributed by atoms with Crippen LogP contribution >= 0.6 is 0 Å². The Balaban J connectivity index is 2.04.